The summed E-state index contributed by atoms with van der Waals surface area (Å²) in [6.45, 7) is 4.86. The number of rotatable bonds is 2. The fraction of sp³-hybridized carbons (Fsp3) is 0.250. The fourth-order valence-electron chi connectivity index (χ4n) is 0.831. The molecule has 1 rings (SSSR count). The van der Waals surface area contributed by atoms with Gasteiger partial charge in [0.15, 0.2) is 0 Å². The Bertz CT molecular complexity index is 331. The number of hydrogen-bond acceptors (Lipinski definition) is 2. The molecule has 1 radical (unpaired) electrons. The summed E-state index contributed by atoms with van der Waals surface area (Å²) >= 11 is 0. The van der Waals surface area contributed by atoms with E-state index >= 15 is 0 Å². The van der Waals surface area contributed by atoms with E-state index in [1.54, 1.807) is 18.2 Å². The van der Waals surface area contributed by atoms with Gasteiger partial charge in [-0.3, -0.25) is 9.55 Å². The molecular formula is C8H11NO3P. The van der Waals surface area contributed by atoms with Gasteiger partial charge in [-0.25, -0.2) is 0 Å². The molecule has 0 aliphatic carbocycles. The van der Waals surface area contributed by atoms with E-state index in [4.69, 9.17) is 9.79 Å². The number of aromatic nitrogens is 1. The van der Waals surface area contributed by atoms with Crippen LogP contribution in [-0.4, -0.2) is 14.8 Å². The second-order valence-electron chi connectivity index (χ2n) is 3.03. The van der Waals surface area contributed by atoms with E-state index in [-0.39, 0.29) is 0 Å². The Morgan fingerprint density at radius 2 is 2.15 bits per heavy atom. The molecule has 0 fully saturated rings. The van der Waals surface area contributed by atoms with E-state index in [1.165, 1.54) is 13.1 Å². The zero-order valence-electron chi connectivity index (χ0n) is 7.21. The predicted molar refractivity (Wildman–Crippen MR) is 49.0 cm³/mol. The average molecular weight is 200 g/mol. The molecule has 1 heterocycles. The second kappa shape index (κ2) is 3.22. The zero-order chi connectivity index (χ0) is 10.1. The lowest BCUT2D eigenvalue weighted by molar-refractivity contribution is 0.344. The molecule has 5 heteroatoms. The lowest BCUT2D eigenvalue weighted by atomic mass is 10.1. The van der Waals surface area contributed by atoms with Crippen LogP contribution in [0.25, 0.3) is 0 Å². The predicted octanol–water partition coefficient (Wildman–Crippen LogP) is 1.31. The molecule has 1 aromatic heterocycles. The van der Waals surface area contributed by atoms with Crippen LogP contribution in [0, 0.1) is 6.92 Å². The highest BCUT2D eigenvalue weighted by Crippen LogP contribution is 2.55. The summed E-state index contributed by atoms with van der Waals surface area (Å²) < 4.78 is 11.0. The van der Waals surface area contributed by atoms with E-state index in [0.717, 1.165) is 0 Å². The lowest BCUT2D eigenvalue weighted by Gasteiger charge is -2.24. The highest BCUT2D eigenvalue weighted by molar-refractivity contribution is 7.53. The molecule has 0 aliphatic rings. The zero-order valence-corrected chi connectivity index (χ0v) is 8.11. The Balaban J connectivity index is 3.16. The van der Waals surface area contributed by atoms with Crippen LogP contribution in [0.2, 0.25) is 0 Å². The van der Waals surface area contributed by atoms with Crippen LogP contribution in [0.5, 0.6) is 0 Å². The first-order valence-corrected chi connectivity index (χ1v) is 5.29. The molecule has 0 saturated carbocycles. The molecule has 0 saturated heterocycles. The molecular weight excluding hydrogens is 189 g/mol. The number of hydrogen-bond donors (Lipinski definition) is 2. The van der Waals surface area contributed by atoms with Crippen molar-refractivity contribution in [3.8, 4) is 0 Å². The van der Waals surface area contributed by atoms with Crippen molar-refractivity contribution in [1.29, 1.82) is 0 Å². The maximum absolute atomic E-state index is 11.0. The third kappa shape index (κ3) is 1.97. The third-order valence-electron chi connectivity index (χ3n) is 1.86. The molecule has 4 nitrogen and oxygen atoms in total. The number of pyridine rings is 1. The monoisotopic (exact) mass is 200 g/mol. The van der Waals surface area contributed by atoms with E-state index in [1.807, 2.05) is 0 Å². The molecule has 0 aromatic carbocycles. The standard InChI is InChI=1S/C8H11NO3P/c1-8(2,13(10,11)12)7-5-3-4-6-9-7/h3-6H,1H2,2H3,(H2,10,11,12). The molecule has 0 amide bonds. The molecule has 71 valence electrons. The SMILES string of the molecule is [CH2]C(C)(c1ccccn1)P(=O)(O)O. The van der Waals surface area contributed by atoms with Crippen molar-refractivity contribution in [2.75, 3.05) is 0 Å². The first kappa shape index (κ1) is 10.4. The van der Waals surface area contributed by atoms with Crippen LogP contribution in [0.1, 0.15) is 12.6 Å². The molecule has 0 spiro atoms. The van der Waals surface area contributed by atoms with Crippen molar-refractivity contribution in [3.63, 3.8) is 0 Å². The molecule has 0 bridgehead atoms. The molecule has 2 N–H and O–H groups in total. The minimum atomic E-state index is -4.26. The van der Waals surface area contributed by atoms with Crippen molar-refractivity contribution >= 4 is 7.60 Å². The normalized spacial score (nSPS) is 12.9. The fourth-order valence-corrected chi connectivity index (χ4v) is 1.26. The van der Waals surface area contributed by atoms with Gasteiger partial charge in [-0.15, -0.1) is 0 Å². The summed E-state index contributed by atoms with van der Waals surface area (Å²) in [5.41, 5.74) is 0.295. The minimum Gasteiger partial charge on any atom is -0.324 e. The van der Waals surface area contributed by atoms with Crippen molar-refractivity contribution in [3.05, 3.63) is 37.0 Å². The first-order chi connectivity index (χ1) is 5.86. The Labute approximate surface area is 76.8 Å². The van der Waals surface area contributed by atoms with Crippen molar-refractivity contribution in [2.45, 2.75) is 12.1 Å². The maximum Gasteiger partial charge on any atom is 0.337 e. The summed E-state index contributed by atoms with van der Waals surface area (Å²) in [5, 5.41) is -1.46. The van der Waals surface area contributed by atoms with Crippen LogP contribution in [0.15, 0.2) is 24.4 Å². The van der Waals surface area contributed by atoms with E-state index in [2.05, 4.69) is 11.9 Å². The van der Waals surface area contributed by atoms with Crippen molar-refractivity contribution < 1.29 is 14.4 Å². The highest BCUT2D eigenvalue weighted by atomic mass is 31.2. The topological polar surface area (TPSA) is 70.4 Å². The largest absolute Gasteiger partial charge is 0.337 e. The van der Waals surface area contributed by atoms with Gasteiger partial charge in [-0.1, -0.05) is 6.07 Å². The minimum absolute atomic E-state index is 0.295. The Morgan fingerprint density at radius 1 is 1.54 bits per heavy atom. The van der Waals surface area contributed by atoms with E-state index < -0.39 is 12.8 Å². The first-order valence-electron chi connectivity index (χ1n) is 3.68. The van der Waals surface area contributed by atoms with Crippen LogP contribution in [0.3, 0.4) is 0 Å². The van der Waals surface area contributed by atoms with Crippen molar-refractivity contribution in [1.82, 2.24) is 4.98 Å². The summed E-state index contributed by atoms with van der Waals surface area (Å²) in [5.74, 6) is 0. The van der Waals surface area contributed by atoms with Gasteiger partial charge in [0.2, 0.25) is 0 Å². The van der Waals surface area contributed by atoms with E-state index in [9.17, 15) is 4.57 Å². The van der Waals surface area contributed by atoms with Gasteiger partial charge in [-0.05, 0) is 26.0 Å². The van der Waals surface area contributed by atoms with Gasteiger partial charge >= 0.3 is 7.60 Å². The van der Waals surface area contributed by atoms with E-state index in [0.29, 0.717) is 5.69 Å². The summed E-state index contributed by atoms with van der Waals surface area (Å²) in [7, 11) is -4.26. The lowest BCUT2D eigenvalue weighted by Crippen LogP contribution is -2.19. The van der Waals surface area contributed by atoms with Gasteiger partial charge in [0, 0.05) is 6.20 Å². The maximum atomic E-state index is 11.0. The van der Waals surface area contributed by atoms with Gasteiger partial charge in [-0.2, -0.15) is 0 Å². The molecule has 1 atom stereocenters. The quantitative estimate of drug-likeness (QED) is 0.706. The Kier molecular flexibility index (Phi) is 2.57. The van der Waals surface area contributed by atoms with Crippen LogP contribution in [-0.2, 0) is 9.72 Å². The summed E-state index contributed by atoms with van der Waals surface area (Å²) in [6.07, 6.45) is 1.48. The molecule has 1 aromatic rings. The number of nitrogens with zero attached hydrogens (tertiary/aromatic N) is 1. The molecule has 0 aliphatic heterocycles. The van der Waals surface area contributed by atoms with Crippen molar-refractivity contribution in [2.24, 2.45) is 0 Å². The average Bonchev–Trinajstić information content (AvgIpc) is 2.04. The van der Waals surface area contributed by atoms with Gasteiger partial charge in [0.25, 0.3) is 0 Å². The summed E-state index contributed by atoms with van der Waals surface area (Å²) in [4.78, 5) is 21.9. The van der Waals surface area contributed by atoms with Gasteiger partial charge in [0.05, 0.1) is 5.69 Å². The molecule has 13 heavy (non-hydrogen) atoms. The van der Waals surface area contributed by atoms with Gasteiger partial charge < -0.3 is 9.79 Å². The highest BCUT2D eigenvalue weighted by Gasteiger charge is 2.40. The van der Waals surface area contributed by atoms with Crippen LogP contribution < -0.4 is 0 Å². The smallest absolute Gasteiger partial charge is 0.324 e. The summed E-state index contributed by atoms with van der Waals surface area (Å²) in [6, 6.07) is 4.90. The second-order valence-corrected chi connectivity index (χ2v) is 5.11. The molecule has 1 unspecified atom stereocenters. The van der Waals surface area contributed by atoms with Crippen LogP contribution in [0.4, 0.5) is 0 Å². The Morgan fingerprint density at radius 3 is 2.54 bits per heavy atom. The van der Waals surface area contributed by atoms with Crippen LogP contribution >= 0.6 is 7.60 Å². The Hall–Kier alpha value is -0.700. The third-order valence-corrected chi connectivity index (χ3v) is 3.37. The van der Waals surface area contributed by atoms with Gasteiger partial charge in [0.1, 0.15) is 5.16 Å².